The quantitative estimate of drug-likeness (QED) is 0.291. The lowest BCUT2D eigenvalue weighted by atomic mass is 10.1. The van der Waals surface area contributed by atoms with Gasteiger partial charge in [0, 0.05) is 19.2 Å². The van der Waals surface area contributed by atoms with E-state index in [2.05, 4.69) is 15.4 Å². The summed E-state index contributed by atoms with van der Waals surface area (Å²) in [6.45, 7) is 6.31. The normalized spacial score (nSPS) is 10.8. The zero-order valence-electron chi connectivity index (χ0n) is 16.2. The van der Waals surface area contributed by atoms with E-state index in [0.717, 1.165) is 12.8 Å². The summed E-state index contributed by atoms with van der Waals surface area (Å²) in [6, 6.07) is 4.25. The number of methoxy groups -OCH3 is 1. The lowest BCUT2D eigenvalue weighted by Crippen LogP contribution is -2.33. The molecule has 0 heterocycles. The van der Waals surface area contributed by atoms with Crippen molar-refractivity contribution < 1.29 is 24.0 Å². The third-order valence-corrected chi connectivity index (χ3v) is 3.47. The largest absolute Gasteiger partial charge is 0.465 e. The number of benzene rings is 1. The lowest BCUT2D eigenvalue weighted by Gasteiger charge is -2.19. The first-order chi connectivity index (χ1) is 12.7. The van der Waals surface area contributed by atoms with Crippen LogP contribution in [-0.2, 0) is 9.47 Å². The Morgan fingerprint density at radius 1 is 1.15 bits per heavy atom. The Morgan fingerprint density at radius 2 is 1.81 bits per heavy atom. The van der Waals surface area contributed by atoms with Crippen molar-refractivity contribution in [3.05, 3.63) is 33.9 Å². The molecule has 0 unspecified atom stereocenters. The molecule has 0 aromatic heterocycles. The number of carbonyl (C=O) groups is 2. The van der Waals surface area contributed by atoms with Crippen LogP contribution >= 0.6 is 0 Å². The minimum atomic E-state index is -0.636. The van der Waals surface area contributed by atoms with E-state index in [9.17, 15) is 19.7 Å². The Hall–Kier alpha value is -2.84. The number of para-hydroxylation sites is 1. The molecule has 0 atom stereocenters. The van der Waals surface area contributed by atoms with Crippen molar-refractivity contribution >= 4 is 23.4 Å². The molecule has 0 aliphatic rings. The summed E-state index contributed by atoms with van der Waals surface area (Å²) in [7, 11) is 1.22. The van der Waals surface area contributed by atoms with Gasteiger partial charge in [-0.15, -0.1) is 0 Å². The highest BCUT2D eigenvalue weighted by atomic mass is 16.6. The third kappa shape index (κ3) is 7.93. The summed E-state index contributed by atoms with van der Waals surface area (Å²) >= 11 is 0. The average Bonchev–Trinajstić information content (AvgIpc) is 2.58. The summed E-state index contributed by atoms with van der Waals surface area (Å²) in [5.74, 6) is -0.636. The van der Waals surface area contributed by atoms with Gasteiger partial charge in [0.05, 0.1) is 17.6 Å². The highest BCUT2D eigenvalue weighted by molar-refractivity contribution is 5.98. The minimum Gasteiger partial charge on any atom is -0.465 e. The molecule has 0 spiro atoms. The number of nitrogens with zero attached hydrogens (tertiary/aromatic N) is 1. The number of amides is 1. The SMILES string of the molecule is COC(=O)c1cccc([N+](=O)[O-])c1NCCCCCNC(=O)OC(C)(C)C. The monoisotopic (exact) mass is 381 g/mol. The van der Waals surface area contributed by atoms with Gasteiger partial charge in [-0.1, -0.05) is 6.07 Å². The fourth-order valence-corrected chi connectivity index (χ4v) is 2.30. The second-order valence-corrected chi connectivity index (χ2v) is 6.86. The molecule has 150 valence electrons. The van der Waals surface area contributed by atoms with Gasteiger partial charge in [-0.2, -0.15) is 0 Å². The van der Waals surface area contributed by atoms with Crippen LogP contribution in [0.1, 0.15) is 50.4 Å². The van der Waals surface area contributed by atoms with Crippen LogP contribution in [0.3, 0.4) is 0 Å². The highest BCUT2D eigenvalue weighted by Crippen LogP contribution is 2.28. The number of nitro benzene ring substituents is 1. The number of esters is 1. The van der Waals surface area contributed by atoms with E-state index in [0.29, 0.717) is 19.5 Å². The van der Waals surface area contributed by atoms with Crippen molar-refractivity contribution in [2.24, 2.45) is 0 Å². The number of nitrogens with one attached hydrogen (secondary N) is 2. The molecular weight excluding hydrogens is 354 g/mol. The molecule has 0 aliphatic heterocycles. The summed E-state index contributed by atoms with van der Waals surface area (Å²) in [4.78, 5) is 34.0. The summed E-state index contributed by atoms with van der Waals surface area (Å²) in [5, 5.41) is 16.8. The molecule has 0 radical (unpaired) electrons. The van der Waals surface area contributed by atoms with Gasteiger partial charge in [0.25, 0.3) is 5.69 Å². The zero-order chi connectivity index (χ0) is 20.4. The Balaban J connectivity index is 2.45. The Bertz CT molecular complexity index is 670. The standard InChI is InChI=1S/C18H27N3O6/c1-18(2,3)27-17(23)20-12-7-5-6-11-19-15-13(16(22)26-4)9-8-10-14(15)21(24)25/h8-10,19H,5-7,11-12H2,1-4H3,(H,20,23). The van der Waals surface area contributed by atoms with Crippen LogP contribution in [-0.4, -0.2) is 42.8 Å². The van der Waals surface area contributed by atoms with Gasteiger partial charge in [0.15, 0.2) is 0 Å². The predicted molar refractivity (Wildman–Crippen MR) is 101 cm³/mol. The van der Waals surface area contributed by atoms with E-state index in [1.165, 1.54) is 25.3 Å². The molecule has 27 heavy (non-hydrogen) atoms. The van der Waals surface area contributed by atoms with Gasteiger partial charge in [-0.25, -0.2) is 9.59 Å². The maximum Gasteiger partial charge on any atom is 0.407 e. The number of hydrogen-bond acceptors (Lipinski definition) is 7. The second kappa shape index (κ2) is 10.3. The summed E-state index contributed by atoms with van der Waals surface area (Å²) in [5.41, 5.74) is -0.431. The van der Waals surface area contributed by atoms with Gasteiger partial charge in [0.1, 0.15) is 11.3 Å². The van der Waals surface area contributed by atoms with Crippen molar-refractivity contribution in [1.29, 1.82) is 0 Å². The summed E-state index contributed by atoms with van der Waals surface area (Å²) in [6.07, 6.45) is 1.78. The van der Waals surface area contributed by atoms with Crippen LogP contribution in [0.15, 0.2) is 18.2 Å². The molecule has 1 aromatic rings. The van der Waals surface area contributed by atoms with Gasteiger partial charge >= 0.3 is 12.1 Å². The Kier molecular flexibility index (Phi) is 8.50. The molecule has 1 aromatic carbocycles. The molecule has 0 fully saturated rings. The van der Waals surface area contributed by atoms with Crippen LogP contribution in [0.25, 0.3) is 0 Å². The molecule has 0 bridgehead atoms. The van der Waals surface area contributed by atoms with Crippen molar-refractivity contribution in [2.75, 3.05) is 25.5 Å². The molecule has 0 saturated carbocycles. The number of carbonyl (C=O) groups excluding carboxylic acids is 2. The number of unbranched alkanes of at least 4 members (excludes halogenated alkanes) is 2. The van der Waals surface area contributed by atoms with Crippen LogP contribution in [0.4, 0.5) is 16.2 Å². The van der Waals surface area contributed by atoms with Gasteiger partial charge < -0.3 is 20.1 Å². The van der Waals surface area contributed by atoms with E-state index in [-0.39, 0.29) is 16.9 Å². The smallest absolute Gasteiger partial charge is 0.407 e. The predicted octanol–water partition coefficient (Wildman–Crippen LogP) is 3.49. The van der Waals surface area contributed by atoms with Crippen molar-refractivity contribution in [2.45, 2.75) is 45.6 Å². The van der Waals surface area contributed by atoms with E-state index >= 15 is 0 Å². The number of hydrogen-bond donors (Lipinski definition) is 2. The van der Waals surface area contributed by atoms with Crippen LogP contribution in [0.2, 0.25) is 0 Å². The highest BCUT2D eigenvalue weighted by Gasteiger charge is 2.21. The van der Waals surface area contributed by atoms with E-state index in [1.54, 1.807) is 20.8 Å². The maximum absolute atomic E-state index is 11.8. The number of anilines is 1. The van der Waals surface area contributed by atoms with E-state index in [1.807, 2.05) is 0 Å². The lowest BCUT2D eigenvalue weighted by molar-refractivity contribution is -0.384. The Labute approximate surface area is 158 Å². The van der Waals surface area contributed by atoms with Crippen LogP contribution in [0.5, 0.6) is 0 Å². The Morgan fingerprint density at radius 3 is 2.41 bits per heavy atom. The molecule has 9 heteroatoms. The van der Waals surface area contributed by atoms with Crippen LogP contribution in [0, 0.1) is 10.1 Å². The van der Waals surface area contributed by atoms with E-state index < -0.39 is 22.6 Å². The molecule has 9 nitrogen and oxygen atoms in total. The number of nitro groups is 1. The van der Waals surface area contributed by atoms with Gasteiger partial charge in [0.2, 0.25) is 0 Å². The number of alkyl carbamates (subject to hydrolysis) is 1. The van der Waals surface area contributed by atoms with Crippen molar-refractivity contribution in [3.8, 4) is 0 Å². The summed E-state index contributed by atoms with van der Waals surface area (Å²) < 4.78 is 9.81. The van der Waals surface area contributed by atoms with E-state index in [4.69, 9.17) is 4.74 Å². The average molecular weight is 381 g/mol. The fourth-order valence-electron chi connectivity index (χ4n) is 2.30. The third-order valence-electron chi connectivity index (χ3n) is 3.47. The van der Waals surface area contributed by atoms with Crippen molar-refractivity contribution in [1.82, 2.24) is 5.32 Å². The molecule has 1 amide bonds. The molecule has 1 rings (SSSR count). The zero-order valence-corrected chi connectivity index (χ0v) is 16.2. The first-order valence-electron chi connectivity index (χ1n) is 8.72. The van der Waals surface area contributed by atoms with Crippen molar-refractivity contribution in [3.63, 3.8) is 0 Å². The minimum absolute atomic E-state index is 0.123. The first-order valence-corrected chi connectivity index (χ1v) is 8.72. The number of ether oxygens (including phenoxy) is 2. The topological polar surface area (TPSA) is 120 Å². The molecule has 2 N–H and O–H groups in total. The second-order valence-electron chi connectivity index (χ2n) is 6.86. The molecule has 0 saturated heterocycles. The first kappa shape index (κ1) is 22.2. The molecule has 0 aliphatic carbocycles. The molecular formula is C18H27N3O6. The van der Waals surface area contributed by atoms with Gasteiger partial charge in [-0.05, 0) is 46.1 Å². The van der Waals surface area contributed by atoms with Crippen LogP contribution < -0.4 is 10.6 Å². The fraction of sp³-hybridized carbons (Fsp3) is 0.556. The van der Waals surface area contributed by atoms with Gasteiger partial charge in [-0.3, -0.25) is 10.1 Å². The maximum atomic E-state index is 11.8. The number of rotatable bonds is 9.